The van der Waals surface area contributed by atoms with Crippen molar-refractivity contribution in [2.75, 3.05) is 18.5 Å². The van der Waals surface area contributed by atoms with Gasteiger partial charge in [0.25, 0.3) is 5.91 Å². The van der Waals surface area contributed by atoms with Gasteiger partial charge in [0.1, 0.15) is 5.75 Å². The number of carbonyl (C=O) groups is 1. The third kappa shape index (κ3) is 6.81. The highest BCUT2D eigenvalue weighted by Crippen LogP contribution is 2.18. The Bertz CT molecular complexity index is 944. The first-order chi connectivity index (χ1) is 13.9. The van der Waals surface area contributed by atoms with Crippen molar-refractivity contribution in [2.45, 2.75) is 31.6 Å². The largest absolute Gasteiger partial charge is 0.493 e. The second-order valence-electron chi connectivity index (χ2n) is 6.18. The predicted molar refractivity (Wildman–Crippen MR) is 118 cm³/mol. The van der Waals surface area contributed by atoms with Crippen LogP contribution < -0.4 is 20.1 Å². The summed E-state index contributed by atoms with van der Waals surface area (Å²) in [6.07, 6.45) is 1.54. The first-order valence-electron chi connectivity index (χ1n) is 9.31. The molecule has 9 heteroatoms. The number of carbonyl (C=O) groups excluding carboxylic acids is 1. The molecule has 0 bridgehead atoms. The lowest BCUT2D eigenvalue weighted by Crippen LogP contribution is -2.34. The quantitative estimate of drug-likeness (QED) is 0.523. The summed E-state index contributed by atoms with van der Waals surface area (Å²) in [5, 5.41) is 5.57. The predicted octanol–water partition coefficient (Wildman–Crippen LogP) is 3.29. The minimum Gasteiger partial charge on any atom is -0.493 e. The Balaban J connectivity index is 2.00. The molecule has 0 aliphatic heterocycles. The van der Waals surface area contributed by atoms with Gasteiger partial charge in [0.15, 0.2) is 5.11 Å². The van der Waals surface area contributed by atoms with Crippen molar-refractivity contribution in [2.24, 2.45) is 0 Å². The molecule has 0 saturated carbocycles. The summed E-state index contributed by atoms with van der Waals surface area (Å²) in [4.78, 5) is 12.7. The van der Waals surface area contributed by atoms with Crippen molar-refractivity contribution in [1.29, 1.82) is 0 Å². The maximum Gasteiger partial charge on any atom is 0.261 e. The minimum atomic E-state index is -3.53. The van der Waals surface area contributed by atoms with Crippen LogP contribution in [0.5, 0.6) is 5.75 Å². The standard InChI is InChI=1S/C20H25N3O4S2/c1-3-13-21-29(25,26)16-11-9-15(10-12-16)22-20(28)23-19(24)17-7-5-6-8-18(17)27-14-4-2/h5-12,21H,3-4,13-14H2,1-2H3,(H2,22,23,24,28). The van der Waals surface area contributed by atoms with E-state index in [1.165, 1.54) is 12.1 Å². The Morgan fingerprint density at radius 1 is 1.03 bits per heavy atom. The zero-order chi connectivity index (χ0) is 21.3. The highest BCUT2D eigenvalue weighted by atomic mass is 32.2. The molecule has 2 aromatic carbocycles. The van der Waals surface area contributed by atoms with Gasteiger partial charge in [0, 0.05) is 12.2 Å². The summed E-state index contributed by atoms with van der Waals surface area (Å²) < 4.78 is 32.3. The Hall–Kier alpha value is -2.49. The Morgan fingerprint density at radius 2 is 1.72 bits per heavy atom. The van der Waals surface area contributed by atoms with Gasteiger partial charge >= 0.3 is 0 Å². The zero-order valence-electron chi connectivity index (χ0n) is 16.4. The van der Waals surface area contributed by atoms with Crippen molar-refractivity contribution >= 4 is 38.9 Å². The van der Waals surface area contributed by atoms with Gasteiger partial charge in [0.05, 0.1) is 17.1 Å². The van der Waals surface area contributed by atoms with Crippen LogP contribution in [0, 0.1) is 0 Å². The number of thiocarbonyl (C=S) groups is 1. The van der Waals surface area contributed by atoms with Gasteiger partial charge in [-0.1, -0.05) is 26.0 Å². The van der Waals surface area contributed by atoms with Crippen molar-refractivity contribution in [3.63, 3.8) is 0 Å². The molecule has 1 amide bonds. The summed E-state index contributed by atoms with van der Waals surface area (Å²) in [6.45, 7) is 4.76. The number of sulfonamides is 1. The van der Waals surface area contributed by atoms with Crippen LogP contribution in [-0.4, -0.2) is 32.6 Å². The lowest BCUT2D eigenvalue weighted by Gasteiger charge is -2.13. The van der Waals surface area contributed by atoms with Crippen LogP contribution in [0.15, 0.2) is 53.4 Å². The fourth-order valence-electron chi connectivity index (χ4n) is 2.36. The molecule has 0 spiro atoms. The Morgan fingerprint density at radius 3 is 2.38 bits per heavy atom. The van der Waals surface area contributed by atoms with Gasteiger partial charge in [0.2, 0.25) is 10.0 Å². The highest BCUT2D eigenvalue weighted by molar-refractivity contribution is 7.89. The second kappa shape index (κ2) is 10.9. The van der Waals surface area contributed by atoms with Crippen LogP contribution in [0.3, 0.4) is 0 Å². The van der Waals surface area contributed by atoms with E-state index in [-0.39, 0.29) is 10.0 Å². The third-order valence-electron chi connectivity index (χ3n) is 3.79. The average Bonchev–Trinajstić information content (AvgIpc) is 2.71. The molecule has 2 aromatic rings. The van der Waals surface area contributed by atoms with Crippen molar-refractivity contribution in [3.05, 3.63) is 54.1 Å². The van der Waals surface area contributed by atoms with Crippen LogP contribution in [0.2, 0.25) is 0 Å². The van der Waals surface area contributed by atoms with Crippen LogP contribution >= 0.6 is 12.2 Å². The third-order valence-corrected chi connectivity index (χ3v) is 5.47. The Kier molecular flexibility index (Phi) is 8.56. The van der Waals surface area contributed by atoms with E-state index in [0.29, 0.717) is 36.6 Å². The van der Waals surface area contributed by atoms with E-state index < -0.39 is 15.9 Å². The molecule has 0 atom stereocenters. The summed E-state index contributed by atoms with van der Waals surface area (Å²) in [6, 6.07) is 13.0. The molecule has 0 radical (unpaired) electrons. The topological polar surface area (TPSA) is 96.5 Å². The molecule has 0 saturated heterocycles. The molecule has 2 rings (SSSR count). The molecule has 156 valence electrons. The second-order valence-corrected chi connectivity index (χ2v) is 8.35. The molecule has 3 N–H and O–H groups in total. The van der Waals surface area contributed by atoms with Crippen LogP contribution in [-0.2, 0) is 10.0 Å². The number of rotatable bonds is 9. The average molecular weight is 436 g/mol. The van der Waals surface area contributed by atoms with E-state index in [2.05, 4.69) is 15.4 Å². The number of hydrogen-bond donors (Lipinski definition) is 3. The molecule has 0 aromatic heterocycles. The SMILES string of the molecule is CCCNS(=O)(=O)c1ccc(NC(=S)NC(=O)c2ccccc2OCCC)cc1. The number of amides is 1. The highest BCUT2D eigenvalue weighted by Gasteiger charge is 2.15. The van der Waals surface area contributed by atoms with Gasteiger partial charge in [-0.05, 0) is 61.5 Å². The maximum atomic E-state index is 12.5. The minimum absolute atomic E-state index is 0.0972. The first kappa shape index (κ1) is 22.8. The van der Waals surface area contributed by atoms with Gasteiger partial charge in [-0.2, -0.15) is 0 Å². The number of benzene rings is 2. The van der Waals surface area contributed by atoms with Crippen LogP contribution in [0.25, 0.3) is 0 Å². The summed E-state index contributed by atoms with van der Waals surface area (Å²) in [5.74, 6) is 0.0981. The van der Waals surface area contributed by atoms with Crippen molar-refractivity contribution in [1.82, 2.24) is 10.0 Å². The molecule has 0 unspecified atom stereocenters. The van der Waals surface area contributed by atoms with Crippen molar-refractivity contribution < 1.29 is 17.9 Å². The fraction of sp³-hybridized carbons (Fsp3) is 0.300. The maximum absolute atomic E-state index is 12.5. The molecule has 29 heavy (non-hydrogen) atoms. The van der Waals surface area contributed by atoms with Crippen LogP contribution in [0.4, 0.5) is 5.69 Å². The molecule has 0 fully saturated rings. The van der Waals surface area contributed by atoms with E-state index in [1.54, 1.807) is 36.4 Å². The number of nitrogens with one attached hydrogen (secondary N) is 3. The van der Waals surface area contributed by atoms with Gasteiger partial charge in [-0.25, -0.2) is 13.1 Å². The van der Waals surface area contributed by atoms with Gasteiger partial charge in [-0.15, -0.1) is 0 Å². The lowest BCUT2D eigenvalue weighted by molar-refractivity contribution is 0.0973. The molecule has 0 heterocycles. The lowest BCUT2D eigenvalue weighted by atomic mass is 10.2. The number of anilines is 1. The van der Waals surface area contributed by atoms with E-state index >= 15 is 0 Å². The number of hydrogen-bond acceptors (Lipinski definition) is 5. The molecule has 7 nitrogen and oxygen atoms in total. The normalized spacial score (nSPS) is 11.0. The summed E-state index contributed by atoms with van der Waals surface area (Å²) in [5.41, 5.74) is 0.939. The summed E-state index contributed by atoms with van der Waals surface area (Å²) in [7, 11) is -3.53. The van der Waals surface area contributed by atoms with E-state index in [9.17, 15) is 13.2 Å². The monoisotopic (exact) mass is 435 g/mol. The number of ether oxygens (including phenoxy) is 1. The fourth-order valence-corrected chi connectivity index (χ4v) is 3.71. The molecular weight excluding hydrogens is 410 g/mol. The smallest absolute Gasteiger partial charge is 0.261 e. The molecule has 0 aliphatic carbocycles. The van der Waals surface area contributed by atoms with Gasteiger partial charge in [-0.3, -0.25) is 10.1 Å². The number of para-hydroxylation sites is 1. The van der Waals surface area contributed by atoms with Gasteiger partial charge < -0.3 is 10.1 Å². The molecular formula is C20H25N3O4S2. The zero-order valence-corrected chi connectivity index (χ0v) is 18.0. The van der Waals surface area contributed by atoms with E-state index in [4.69, 9.17) is 17.0 Å². The van der Waals surface area contributed by atoms with E-state index in [0.717, 1.165) is 6.42 Å². The van der Waals surface area contributed by atoms with Crippen molar-refractivity contribution in [3.8, 4) is 5.75 Å². The first-order valence-corrected chi connectivity index (χ1v) is 11.2. The van der Waals surface area contributed by atoms with Crippen LogP contribution in [0.1, 0.15) is 37.0 Å². The van der Waals surface area contributed by atoms with E-state index in [1.807, 2.05) is 13.8 Å². The summed E-state index contributed by atoms with van der Waals surface area (Å²) >= 11 is 5.19. The Labute approximate surface area is 176 Å². The molecule has 0 aliphatic rings.